The Morgan fingerprint density at radius 2 is 1.82 bits per heavy atom. The molecule has 0 saturated carbocycles. The zero-order chi connectivity index (χ0) is 16.4. The first-order chi connectivity index (χ1) is 10.5. The lowest BCUT2D eigenvalue weighted by molar-refractivity contribution is -0.147. The fourth-order valence-electron chi connectivity index (χ4n) is 1.56. The Morgan fingerprint density at radius 3 is 2.41 bits per heavy atom. The lowest BCUT2D eigenvalue weighted by Gasteiger charge is -2.08. The maximum Gasteiger partial charge on any atom is 0.308 e. The van der Waals surface area contributed by atoms with Crippen LogP contribution < -0.4 is 15.4 Å². The normalized spacial score (nSPS) is 9.73. The van der Waals surface area contributed by atoms with Crippen LogP contribution in [0.4, 0.5) is 5.69 Å². The Kier molecular flexibility index (Phi) is 7.45. The maximum absolute atomic E-state index is 11.6. The molecular weight excluding hydrogens is 288 g/mol. The number of carbonyl (C=O) groups excluding carboxylic acids is 3. The molecule has 7 heteroatoms. The van der Waals surface area contributed by atoms with Crippen molar-refractivity contribution in [1.29, 1.82) is 0 Å². The lowest BCUT2D eigenvalue weighted by Crippen LogP contribution is -2.25. The standard InChI is InChI=1S/C15H20N2O5/c1-3-21-13-6-4-12(5-7-13)17-14(19)10-22-15(20)8-9-16-11(2)18/h4-7H,3,8-10H2,1-2H3,(H,16,18)(H,17,19). The first-order valence-corrected chi connectivity index (χ1v) is 6.94. The van der Waals surface area contributed by atoms with Gasteiger partial charge in [-0.25, -0.2) is 0 Å². The Balaban J connectivity index is 2.27. The topological polar surface area (TPSA) is 93.7 Å². The van der Waals surface area contributed by atoms with Crippen LogP contribution in [-0.4, -0.2) is 37.5 Å². The second-order valence-corrected chi connectivity index (χ2v) is 4.40. The van der Waals surface area contributed by atoms with Crippen LogP contribution in [0.1, 0.15) is 20.3 Å². The van der Waals surface area contributed by atoms with Gasteiger partial charge in [0.2, 0.25) is 5.91 Å². The summed E-state index contributed by atoms with van der Waals surface area (Å²) in [6.07, 6.45) is 0.0237. The SMILES string of the molecule is CCOc1ccc(NC(=O)COC(=O)CCNC(C)=O)cc1. The number of benzene rings is 1. The van der Waals surface area contributed by atoms with Crippen LogP contribution in [0.15, 0.2) is 24.3 Å². The van der Waals surface area contributed by atoms with E-state index in [0.717, 1.165) is 0 Å². The van der Waals surface area contributed by atoms with Gasteiger partial charge in [0.25, 0.3) is 5.91 Å². The van der Waals surface area contributed by atoms with Crippen molar-refractivity contribution in [1.82, 2.24) is 5.32 Å². The molecule has 0 aromatic heterocycles. The summed E-state index contributed by atoms with van der Waals surface area (Å²) in [5, 5.41) is 5.07. The smallest absolute Gasteiger partial charge is 0.308 e. The van der Waals surface area contributed by atoms with Gasteiger partial charge >= 0.3 is 5.97 Å². The fraction of sp³-hybridized carbons (Fsp3) is 0.400. The predicted octanol–water partition coefficient (Wildman–Crippen LogP) is 1.09. The van der Waals surface area contributed by atoms with Crippen LogP contribution in [-0.2, 0) is 19.1 Å². The summed E-state index contributed by atoms with van der Waals surface area (Å²) in [5.74, 6) is -0.487. The first kappa shape index (κ1) is 17.5. The van der Waals surface area contributed by atoms with Crippen molar-refractivity contribution in [2.45, 2.75) is 20.3 Å². The highest BCUT2D eigenvalue weighted by Crippen LogP contribution is 2.15. The lowest BCUT2D eigenvalue weighted by atomic mass is 10.3. The molecule has 0 spiro atoms. The van der Waals surface area contributed by atoms with Gasteiger partial charge in [-0.15, -0.1) is 0 Å². The first-order valence-electron chi connectivity index (χ1n) is 6.94. The molecule has 0 aliphatic heterocycles. The molecule has 0 unspecified atom stereocenters. The quantitative estimate of drug-likeness (QED) is 0.701. The third-order valence-corrected chi connectivity index (χ3v) is 2.52. The second kappa shape index (κ2) is 9.38. The zero-order valence-corrected chi connectivity index (χ0v) is 12.7. The number of ether oxygens (including phenoxy) is 2. The third kappa shape index (κ3) is 7.28. The van der Waals surface area contributed by atoms with Crippen molar-refractivity contribution in [2.75, 3.05) is 25.1 Å². The molecule has 0 atom stereocenters. The number of anilines is 1. The van der Waals surface area contributed by atoms with Gasteiger partial charge in [0.1, 0.15) is 5.75 Å². The molecule has 0 radical (unpaired) electrons. The van der Waals surface area contributed by atoms with E-state index >= 15 is 0 Å². The molecular formula is C15H20N2O5. The second-order valence-electron chi connectivity index (χ2n) is 4.40. The van der Waals surface area contributed by atoms with Gasteiger partial charge in [0.15, 0.2) is 6.61 Å². The molecule has 2 amide bonds. The van der Waals surface area contributed by atoms with Crippen LogP contribution in [0.25, 0.3) is 0 Å². The van der Waals surface area contributed by atoms with Crippen molar-refractivity contribution in [3.05, 3.63) is 24.3 Å². The molecule has 0 aliphatic rings. The Bertz CT molecular complexity index is 513. The average molecular weight is 308 g/mol. The molecule has 2 N–H and O–H groups in total. The van der Waals surface area contributed by atoms with E-state index in [1.54, 1.807) is 24.3 Å². The highest BCUT2D eigenvalue weighted by molar-refractivity contribution is 5.92. The minimum atomic E-state index is -0.546. The van der Waals surface area contributed by atoms with Crippen molar-refractivity contribution < 1.29 is 23.9 Å². The third-order valence-electron chi connectivity index (χ3n) is 2.52. The van der Waals surface area contributed by atoms with Crippen LogP contribution in [0.3, 0.4) is 0 Å². The predicted molar refractivity (Wildman–Crippen MR) is 80.5 cm³/mol. The van der Waals surface area contributed by atoms with E-state index in [9.17, 15) is 14.4 Å². The molecule has 22 heavy (non-hydrogen) atoms. The number of rotatable bonds is 8. The highest BCUT2D eigenvalue weighted by atomic mass is 16.5. The summed E-state index contributed by atoms with van der Waals surface area (Å²) in [6, 6.07) is 6.86. The van der Waals surface area contributed by atoms with Crippen LogP contribution in [0, 0.1) is 0 Å². The number of amides is 2. The molecule has 1 aromatic rings. The highest BCUT2D eigenvalue weighted by Gasteiger charge is 2.08. The van der Waals surface area contributed by atoms with Gasteiger partial charge in [-0.3, -0.25) is 14.4 Å². The van der Waals surface area contributed by atoms with E-state index in [1.165, 1.54) is 6.92 Å². The number of nitrogens with one attached hydrogen (secondary N) is 2. The summed E-state index contributed by atoms with van der Waals surface area (Å²) in [7, 11) is 0. The summed E-state index contributed by atoms with van der Waals surface area (Å²) in [4.78, 5) is 33.6. The minimum absolute atomic E-state index is 0.0237. The number of hydrogen-bond acceptors (Lipinski definition) is 5. The van der Waals surface area contributed by atoms with E-state index in [1.807, 2.05) is 6.92 Å². The van der Waals surface area contributed by atoms with Crippen LogP contribution in [0.5, 0.6) is 5.75 Å². The summed E-state index contributed by atoms with van der Waals surface area (Å²) in [6.45, 7) is 3.63. The van der Waals surface area contributed by atoms with Crippen molar-refractivity contribution in [3.63, 3.8) is 0 Å². The molecule has 1 rings (SSSR count). The Labute approximate surface area is 129 Å². The molecule has 0 aliphatic carbocycles. The largest absolute Gasteiger partial charge is 0.494 e. The van der Waals surface area contributed by atoms with Gasteiger partial charge in [-0.1, -0.05) is 0 Å². The zero-order valence-electron chi connectivity index (χ0n) is 12.7. The summed E-state index contributed by atoms with van der Waals surface area (Å²) < 4.78 is 10.1. The van der Waals surface area contributed by atoms with Crippen molar-refractivity contribution in [3.8, 4) is 5.75 Å². The van der Waals surface area contributed by atoms with Gasteiger partial charge in [0, 0.05) is 19.2 Å². The summed E-state index contributed by atoms with van der Waals surface area (Å²) in [5.41, 5.74) is 0.586. The molecule has 1 aromatic carbocycles. The fourth-order valence-corrected chi connectivity index (χ4v) is 1.56. The average Bonchev–Trinajstić information content (AvgIpc) is 2.47. The Hall–Kier alpha value is -2.57. The number of esters is 1. The van der Waals surface area contributed by atoms with Crippen molar-refractivity contribution in [2.24, 2.45) is 0 Å². The van der Waals surface area contributed by atoms with Crippen LogP contribution in [0.2, 0.25) is 0 Å². The van der Waals surface area contributed by atoms with Gasteiger partial charge in [-0.05, 0) is 31.2 Å². The van der Waals surface area contributed by atoms with E-state index < -0.39 is 11.9 Å². The molecule has 120 valence electrons. The van der Waals surface area contributed by atoms with E-state index in [-0.39, 0.29) is 25.5 Å². The molecule has 0 saturated heterocycles. The van der Waals surface area contributed by atoms with Gasteiger partial charge in [-0.2, -0.15) is 0 Å². The van der Waals surface area contributed by atoms with E-state index in [2.05, 4.69) is 10.6 Å². The minimum Gasteiger partial charge on any atom is -0.494 e. The number of carbonyl (C=O) groups is 3. The van der Waals surface area contributed by atoms with Crippen LogP contribution >= 0.6 is 0 Å². The van der Waals surface area contributed by atoms with Crippen molar-refractivity contribution >= 4 is 23.5 Å². The molecule has 7 nitrogen and oxygen atoms in total. The number of hydrogen-bond donors (Lipinski definition) is 2. The molecule has 0 bridgehead atoms. The molecule has 0 fully saturated rings. The monoisotopic (exact) mass is 308 g/mol. The Morgan fingerprint density at radius 1 is 1.14 bits per heavy atom. The summed E-state index contributed by atoms with van der Waals surface area (Å²) >= 11 is 0. The van der Waals surface area contributed by atoms with Gasteiger partial charge < -0.3 is 20.1 Å². The maximum atomic E-state index is 11.6. The van der Waals surface area contributed by atoms with E-state index in [4.69, 9.17) is 9.47 Å². The molecule has 0 heterocycles. The van der Waals surface area contributed by atoms with E-state index in [0.29, 0.717) is 18.0 Å². The van der Waals surface area contributed by atoms with Gasteiger partial charge in [0.05, 0.1) is 13.0 Å².